The number of likely N-dealkylation sites (tertiary alicyclic amines) is 1. The van der Waals surface area contributed by atoms with Crippen LogP contribution in [0.25, 0.3) is 0 Å². The lowest BCUT2D eigenvalue weighted by Crippen LogP contribution is -2.60. The zero-order chi connectivity index (χ0) is 30.4. The number of benzene rings is 1. The predicted octanol–water partition coefficient (Wildman–Crippen LogP) is 1.30. The highest BCUT2D eigenvalue weighted by atomic mass is 16.5. The fourth-order valence-electron chi connectivity index (χ4n) is 7.77. The number of morpholine rings is 1. The molecule has 232 valence electrons. The Morgan fingerprint density at radius 2 is 1.60 bits per heavy atom. The molecule has 5 aliphatic rings. The Hall–Kier alpha value is -3.05. The quantitative estimate of drug-likeness (QED) is 0.454. The summed E-state index contributed by atoms with van der Waals surface area (Å²) in [6, 6.07) is 8.22. The first-order chi connectivity index (χ1) is 20.7. The molecule has 43 heavy (non-hydrogen) atoms. The lowest BCUT2D eigenvalue weighted by atomic mass is 9.74. The van der Waals surface area contributed by atoms with E-state index in [1.165, 1.54) is 0 Å². The molecule has 1 N–H and O–H groups in total. The van der Waals surface area contributed by atoms with Gasteiger partial charge in [0.1, 0.15) is 11.6 Å². The Balaban J connectivity index is 1.38. The van der Waals surface area contributed by atoms with Crippen LogP contribution in [-0.2, 0) is 30.4 Å². The molecule has 0 aliphatic carbocycles. The molecule has 1 spiro atoms. The predicted molar refractivity (Wildman–Crippen MR) is 160 cm³/mol. The van der Waals surface area contributed by atoms with E-state index in [4.69, 9.17) is 9.47 Å². The largest absolute Gasteiger partial charge is 0.394 e. The van der Waals surface area contributed by atoms with Gasteiger partial charge in [0.05, 0.1) is 43.3 Å². The Morgan fingerprint density at radius 1 is 0.907 bits per heavy atom. The van der Waals surface area contributed by atoms with Crippen molar-refractivity contribution in [3.8, 4) is 0 Å². The van der Waals surface area contributed by atoms with Gasteiger partial charge in [-0.3, -0.25) is 19.3 Å². The minimum atomic E-state index is -1.33. The third kappa shape index (κ3) is 5.12. The second-order valence-electron chi connectivity index (χ2n) is 13.0. The number of ether oxygens (including phenoxy) is 2. The zero-order valence-electron chi connectivity index (χ0n) is 25.4. The summed E-state index contributed by atoms with van der Waals surface area (Å²) < 4.78 is 12.4. The molecule has 5 aliphatic heterocycles. The lowest BCUT2D eigenvalue weighted by molar-refractivity contribution is -0.157. The summed E-state index contributed by atoms with van der Waals surface area (Å²) in [7, 11) is 0. The Morgan fingerprint density at radius 3 is 2.30 bits per heavy atom. The molecule has 0 radical (unpaired) electrons. The molecule has 1 unspecified atom stereocenters. The molecule has 0 saturated carbocycles. The molecule has 10 nitrogen and oxygen atoms in total. The highest BCUT2D eigenvalue weighted by Crippen LogP contribution is 2.58. The number of nitrogens with zero attached hydrogens (tertiary/aromatic N) is 4. The van der Waals surface area contributed by atoms with Gasteiger partial charge in [-0.25, -0.2) is 0 Å². The van der Waals surface area contributed by atoms with Crippen LogP contribution in [0.15, 0.2) is 54.6 Å². The second kappa shape index (κ2) is 11.8. The van der Waals surface area contributed by atoms with Gasteiger partial charge in [-0.05, 0) is 18.4 Å². The van der Waals surface area contributed by atoms with Gasteiger partial charge in [-0.2, -0.15) is 0 Å². The fourth-order valence-corrected chi connectivity index (χ4v) is 7.77. The number of aliphatic hydroxyl groups is 1. The number of fused-ring (bicyclic) bond motifs is 2. The molecule has 1 aromatic rings. The average Bonchev–Trinajstić information content (AvgIpc) is 3.27. The summed E-state index contributed by atoms with van der Waals surface area (Å²) in [5.74, 6) is -2.50. The van der Waals surface area contributed by atoms with Gasteiger partial charge in [0.15, 0.2) is 0 Å². The van der Waals surface area contributed by atoms with Gasteiger partial charge in [0.2, 0.25) is 17.7 Å². The van der Waals surface area contributed by atoms with E-state index in [1.54, 1.807) is 14.7 Å². The van der Waals surface area contributed by atoms with E-state index in [0.717, 1.165) is 18.7 Å². The van der Waals surface area contributed by atoms with Crippen molar-refractivity contribution in [1.82, 2.24) is 19.6 Å². The van der Waals surface area contributed by atoms with Crippen molar-refractivity contribution in [2.24, 2.45) is 17.8 Å². The Labute approximate surface area is 253 Å². The van der Waals surface area contributed by atoms with Crippen molar-refractivity contribution in [2.45, 2.75) is 50.6 Å². The number of carbonyl (C=O) groups excluding carboxylic acids is 3. The van der Waals surface area contributed by atoms with E-state index in [0.29, 0.717) is 45.9 Å². The van der Waals surface area contributed by atoms with Crippen LogP contribution in [0.4, 0.5) is 0 Å². The van der Waals surface area contributed by atoms with Crippen LogP contribution in [0.1, 0.15) is 26.3 Å². The van der Waals surface area contributed by atoms with Crippen LogP contribution in [-0.4, -0.2) is 125 Å². The van der Waals surface area contributed by atoms with E-state index < -0.39 is 35.1 Å². The van der Waals surface area contributed by atoms with Crippen molar-refractivity contribution in [2.75, 3.05) is 59.1 Å². The van der Waals surface area contributed by atoms with Crippen molar-refractivity contribution < 1.29 is 29.0 Å². The van der Waals surface area contributed by atoms with Gasteiger partial charge < -0.3 is 29.3 Å². The molecule has 3 saturated heterocycles. The van der Waals surface area contributed by atoms with Gasteiger partial charge in [0, 0.05) is 45.8 Å². The van der Waals surface area contributed by atoms with E-state index >= 15 is 0 Å². The summed E-state index contributed by atoms with van der Waals surface area (Å²) in [4.78, 5) is 51.1. The number of hydrogen-bond acceptors (Lipinski definition) is 7. The van der Waals surface area contributed by atoms with Crippen LogP contribution < -0.4 is 0 Å². The summed E-state index contributed by atoms with van der Waals surface area (Å²) in [6.07, 6.45) is 7.66. The fraction of sp³-hybridized carbons (Fsp3) is 0.606. The van der Waals surface area contributed by atoms with Gasteiger partial charge in [0.25, 0.3) is 0 Å². The maximum absolute atomic E-state index is 14.7. The van der Waals surface area contributed by atoms with E-state index in [-0.39, 0.29) is 30.2 Å². The van der Waals surface area contributed by atoms with Crippen molar-refractivity contribution in [3.05, 3.63) is 60.2 Å². The van der Waals surface area contributed by atoms with Crippen LogP contribution in [0.2, 0.25) is 0 Å². The molecule has 10 heteroatoms. The minimum Gasteiger partial charge on any atom is -0.394 e. The molecule has 3 fully saturated rings. The summed E-state index contributed by atoms with van der Waals surface area (Å²) in [5.41, 5.74) is -1.41. The van der Waals surface area contributed by atoms with Crippen LogP contribution in [0.5, 0.6) is 0 Å². The van der Waals surface area contributed by atoms with Gasteiger partial charge >= 0.3 is 0 Å². The van der Waals surface area contributed by atoms with Crippen molar-refractivity contribution in [1.29, 1.82) is 0 Å². The van der Waals surface area contributed by atoms with Crippen LogP contribution >= 0.6 is 0 Å². The topological polar surface area (TPSA) is 103 Å². The number of amides is 3. The molecular weight excluding hydrogens is 548 g/mol. The SMILES string of the molecule is CC(C)[C@H](CO)N1C(=O)[C@@H]2[C@H]3C(=O)N(Cc4ccccc4)CC=C[C@@]3(C)O[C@@]23C=CCN(CCN2CCOCC2)C(=O)C13. The lowest BCUT2D eigenvalue weighted by Gasteiger charge is -2.41. The van der Waals surface area contributed by atoms with E-state index in [9.17, 15) is 19.5 Å². The van der Waals surface area contributed by atoms with E-state index in [2.05, 4.69) is 4.90 Å². The number of rotatable bonds is 8. The number of carbonyl (C=O) groups is 3. The van der Waals surface area contributed by atoms with Crippen LogP contribution in [0, 0.1) is 17.8 Å². The standard InChI is InChI=1S/C33H44N4O6/c1-23(2)25(22-38)37-28-31(41)35(16-15-34-17-19-42-20-18-34)13-8-12-33(28)27(30(37)40)26-29(39)36(14-7-11-32(26,3)43-33)21-24-9-5-4-6-10-24/h4-12,23,25-28,38H,13-22H2,1-3H3/t25-,26-,27-,28?,32+,33-/m0/s1. The third-order valence-corrected chi connectivity index (χ3v) is 9.98. The number of aliphatic hydroxyl groups excluding tert-OH is 1. The first-order valence-electron chi connectivity index (χ1n) is 15.6. The van der Waals surface area contributed by atoms with Crippen molar-refractivity contribution in [3.63, 3.8) is 0 Å². The highest BCUT2D eigenvalue weighted by molar-refractivity contribution is 6.00. The molecule has 6 rings (SSSR count). The van der Waals surface area contributed by atoms with Gasteiger partial charge in [-0.1, -0.05) is 68.5 Å². The minimum absolute atomic E-state index is 0.114. The average molecular weight is 593 g/mol. The maximum Gasteiger partial charge on any atom is 0.249 e. The second-order valence-corrected chi connectivity index (χ2v) is 13.0. The zero-order valence-corrected chi connectivity index (χ0v) is 25.4. The normalized spacial score (nSPS) is 33.5. The summed E-state index contributed by atoms with van der Waals surface area (Å²) in [5, 5.41) is 10.5. The van der Waals surface area contributed by atoms with E-state index in [1.807, 2.05) is 75.4 Å². The summed E-state index contributed by atoms with van der Waals surface area (Å²) in [6.45, 7) is 10.8. The maximum atomic E-state index is 14.7. The Bertz CT molecular complexity index is 1280. The molecular formula is C33H44N4O6. The molecule has 5 heterocycles. The molecule has 0 aromatic heterocycles. The molecule has 6 atom stereocenters. The highest BCUT2D eigenvalue weighted by Gasteiger charge is 2.75. The molecule has 1 aromatic carbocycles. The third-order valence-electron chi connectivity index (χ3n) is 9.98. The molecule has 3 amide bonds. The first-order valence-corrected chi connectivity index (χ1v) is 15.6. The Kier molecular flexibility index (Phi) is 8.23. The molecule has 0 bridgehead atoms. The van der Waals surface area contributed by atoms with Gasteiger partial charge in [-0.15, -0.1) is 0 Å². The monoisotopic (exact) mass is 592 g/mol. The first kappa shape index (κ1) is 30.0. The number of hydrogen-bond donors (Lipinski definition) is 1. The summed E-state index contributed by atoms with van der Waals surface area (Å²) >= 11 is 0. The van der Waals surface area contributed by atoms with Crippen LogP contribution in [0.3, 0.4) is 0 Å². The smallest absolute Gasteiger partial charge is 0.249 e. The van der Waals surface area contributed by atoms with Crippen molar-refractivity contribution >= 4 is 17.7 Å².